The van der Waals surface area contributed by atoms with Crippen LogP contribution in [0.3, 0.4) is 0 Å². The van der Waals surface area contributed by atoms with E-state index in [-0.39, 0.29) is 22.3 Å². The second-order valence-corrected chi connectivity index (χ2v) is 9.22. The predicted octanol–water partition coefficient (Wildman–Crippen LogP) is 3.60. The van der Waals surface area contributed by atoms with Gasteiger partial charge in [0, 0.05) is 7.05 Å². The van der Waals surface area contributed by atoms with E-state index in [1.165, 1.54) is 42.0 Å². The van der Waals surface area contributed by atoms with Crippen LogP contribution in [0.2, 0.25) is 0 Å². The zero-order chi connectivity index (χ0) is 20.5. The summed E-state index contributed by atoms with van der Waals surface area (Å²) < 4.78 is 36.0. The Morgan fingerprint density at radius 1 is 1.11 bits per heavy atom. The molecule has 0 radical (unpaired) electrons. The van der Waals surface area contributed by atoms with E-state index in [1.54, 1.807) is 37.4 Å². The van der Waals surface area contributed by atoms with Gasteiger partial charge in [-0.25, -0.2) is 0 Å². The van der Waals surface area contributed by atoms with Crippen molar-refractivity contribution in [3.05, 3.63) is 58.5 Å². The maximum atomic E-state index is 12.5. The van der Waals surface area contributed by atoms with E-state index in [2.05, 4.69) is 0 Å². The lowest BCUT2D eigenvalue weighted by atomic mass is 10.2. The highest BCUT2D eigenvalue weighted by atomic mass is 32.2. The lowest BCUT2D eigenvalue weighted by molar-refractivity contribution is -0.121. The van der Waals surface area contributed by atoms with Crippen molar-refractivity contribution in [3.63, 3.8) is 0 Å². The first-order valence-electron chi connectivity index (χ1n) is 8.12. The molecule has 0 unspecified atom stereocenters. The summed E-state index contributed by atoms with van der Waals surface area (Å²) in [5.74, 6) is 0.107. The lowest BCUT2D eigenvalue weighted by Gasteiger charge is -2.11. The minimum atomic E-state index is -4.00. The van der Waals surface area contributed by atoms with Crippen LogP contribution < -0.4 is 8.92 Å². The number of thiocarbonyl (C=S) groups is 1. The van der Waals surface area contributed by atoms with Gasteiger partial charge in [0.25, 0.3) is 5.91 Å². The molecular weight excluding hydrogens is 418 g/mol. The van der Waals surface area contributed by atoms with Crippen LogP contribution in [0.15, 0.2) is 52.3 Å². The normalized spacial score (nSPS) is 16.0. The molecule has 0 aliphatic carbocycles. The van der Waals surface area contributed by atoms with Crippen molar-refractivity contribution in [3.8, 4) is 11.5 Å². The maximum absolute atomic E-state index is 12.5. The maximum Gasteiger partial charge on any atom is 0.339 e. The van der Waals surface area contributed by atoms with E-state index in [0.717, 1.165) is 5.56 Å². The molecule has 6 nitrogen and oxygen atoms in total. The van der Waals surface area contributed by atoms with Crippen molar-refractivity contribution < 1.29 is 22.1 Å². The van der Waals surface area contributed by atoms with Crippen LogP contribution in [-0.4, -0.2) is 37.7 Å². The number of aryl methyl sites for hydroxylation is 1. The van der Waals surface area contributed by atoms with Crippen molar-refractivity contribution >= 4 is 50.4 Å². The lowest BCUT2D eigenvalue weighted by Crippen LogP contribution is -2.22. The Morgan fingerprint density at radius 3 is 2.36 bits per heavy atom. The number of benzene rings is 2. The number of likely N-dealkylation sites (N-methyl/N-ethyl adjacent to an activating group) is 1. The van der Waals surface area contributed by atoms with Gasteiger partial charge >= 0.3 is 10.1 Å². The summed E-state index contributed by atoms with van der Waals surface area (Å²) in [6, 6.07) is 11.1. The minimum Gasteiger partial charge on any atom is -0.493 e. The fraction of sp³-hybridized carbons (Fsp3) is 0.158. The molecule has 0 bridgehead atoms. The number of amides is 1. The van der Waals surface area contributed by atoms with Gasteiger partial charge in [-0.3, -0.25) is 9.69 Å². The first kappa shape index (κ1) is 20.4. The highest BCUT2D eigenvalue weighted by molar-refractivity contribution is 8.26. The molecule has 0 spiro atoms. The van der Waals surface area contributed by atoms with Crippen molar-refractivity contribution in [1.29, 1.82) is 0 Å². The molecule has 1 heterocycles. The summed E-state index contributed by atoms with van der Waals surface area (Å²) in [6.07, 6.45) is 1.67. The number of rotatable bonds is 5. The van der Waals surface area contributed by atoms with Crippen molar-refractivity contribution in [1.82, 2.24) is 4.90 Å². The molecule has 2 aromatic carbocycles. The average Bonchev–Trinajstić information content (AvgIpc) is 2.90. The molecule has 2 aromatic rings. The van der Waals surface area contributed by atoms with Crippen molar-refractivity contribution in [2.24, 2.45) is 0 Å². The molecule has 1 fully saturated rings. The fourth-order valence-corrected chi connectivity index (χ4v) is 4.53. The third-order valence-corrected chi connectivity index (χ3v) is 6.71. The fourth-order valence-electron chi connectivity index (χ4n) is 2.41. The third kappa shape index (κ3) is 4.21. The zero-order valence-electron chi connectivity index (χ0n) is 15.3. The summed E-state index contributed by atoms with van der Waals surface area (Å²) in [5.41, 5.74) is 1.60. The minimum absolute atomic E-state index is 0.0517. The Bertz CT molecular complexity index is 1080. The van der Waals surface area contributed by atoms with Gasteiger partial charge in [-0.1, -0.05) is 47.7 Å². The molecule has 1 amide bonds. The predicted molar refractivity (Wildman–Crippen MR) is 113 cm³/mol. The summed E-state index contributed by atoms with van der Waals surface area (Å²) in [7, 11) is -0.969. The first-order chi connectivity index (χ1) is 13.2. The number of hydrogen-bond donors (Lipinski definition) is 0. The van der Waals surface area contributed by atoms with Crippen molar-refractivity contribution in [2.45, 2.75) is 11.8 Å². The summed E-state index contributed by atoms with van der Waals surface area (Å²) >= 11 is 6.32. The molecule has 9 heteroatoms. The summed E-state index contributed by atoms with van der Waals surface area (Å²) in [6.45, 7) is 1.87. The molecule has 1 saturated heterocycles. The summed E-state index contributed by atoms with van der Waals surface area (Å²) in [4.78, 5) is 14.1. The zero-order valence-corrected chi connectivity index (χ0v) is 17.8. The molecule has 0 saturated carbocycles. The van der Waals surface area contributed by atoms with Gasteiger partial charge < -0.3 is 8.92 Å². The third-order valence-electron chi connectivity index (χ3n) is 3.98. The topological polar surface area (TPSA) is 72.9 Å². The quantitative estimate of drug-likeness (QED) is 0.404. The molecule has 0 N–H and O–H groups in total. The number of nitrogens with zero attached hydrogens (tertiary/aromatic N) is 1. The van der Waals surface area contributed by atoms with Gasteiger partial charge in [-0.05, 0) is 42.8 Å². The highest BCUT2D eigenvalue weighted by Gasteiger charge is 2.28. The van der Waals surface area contributed by atoms with E-state index in [1.807, 2.05) is 6.92 Å². The second-order valence-electron chi connectivity index (χ2n) is 6.00. The van der Waals surface area contributed by atoms with Crippen LogP contribution in [0.4, 0.5) is 0 Å². The molecule has 0 aromatic heterocycles. The molecule has 0 atom stereocenters. The highest BCUT2D eigenvalue weighted by Crippen LogP contribution is 2.35. The van der Waals surface area contributed by atoms with Crippen LogP contribution in [0, 0.1) is 6.92 Å². The van der Waals surface area contributed by atoms with Crippen molar-refractivity contribution in [2.75, 3.05) is 14.2 Å². The average molecular weight is 436 g/mol. The van der Waals surface area contributed by atoms with Gasteiger partial charge in [-0.15, -0.1) is 0 Å². The van der Waals surface area contributed by atoms with Gasteiger partial charge in [0.05, 0.1) is 12.0 Å². The SMILES string of the molecule is COc1cc(C=C2SC(=S)N(C)C2=O)ccc1OS(=O)(=O)c1ccc(C)cc1. The van der Waals surface area contributed by atoms with Gasteiger partial charge in [-0.2, -0.15) is 8.42 Å². The van der Waals surface area contributed by atoms with Gasteiger partial charge in [0.1, 0.15) is 9.22 Å². The Hall–Kier alpha value is -2.36. The standard InChI is InChI=1S/C19H17NO5S3/c1-12-4-7-14(8-5-12)28(22,23)25-15-9-6-13(10-16(15)24-3)11-17-18(21)20(2)19(26)27-17/h4-11H,1-3H3. The monoisotopic (exact) mass is 435 g/mol. The smallest absolute Gasteiger partial charge is 0.339 e. The van der Waals surface area contributed by atoms with Gasteiger partial charge in [0.15, 0.2) is 11.5 Å². The Labute approximate surface area is 173 Å². The Morgan fingerprint density at radius 2 is 1.79 bits per heavy atom. The first-order valence-corrected chi connectivity index (χ1v) is 10.8. The van der Waals surface area contributed by atoms with Crippen LogP contribution in [-0.2, 0) is 14.9 Å². The number of ether oxygens (including phenoxy) is 1. The second kappa shape index (κ2) is 7.94. The number of hydrogen-bond acceptors (Lipinski definition) is 7. The number of methoxy groups -OCH3 is 1. The molecule has 1 aliphatic rings. The molecule has 1 aliphatic heterocycles. The molecule has 28 heavy (non-hydrogen) atoms. The van der Waals surface area contributed by atoms with E-state index in [4.69, 9.17) is 21.1 Å². The summed E-state index contributed by atoms with van der Waals surface area (Å²) in [5, 5.41) is 0. The molecule has 146 valence electrons. The van der Waals surface area contributed by atoms with Crippen LogP contribution >= 0.6 is 24.0 Å². The van der Waals surface area contributed by atoms with Crippen LogP contribution in [0.1, 0.15) is 11.1 Å². The van der Waals surface area contributed by atoms with Crippen LogP contribution in [0.25, 0.3) is 6.08 Å². The van der Waals surface area contributed by atoms with Crippen LogP contribution in [0.5, 0.6) is 11.5 Å². The largest absolute Gasteiger partial charge is 0.493 e. The Balaban J connectivity index is 1.89. The Kier molecular flexibility index (Phi) is 5.78. The molecular formula is C19H17NO5S3. The molecule has 3 rings (SSSR count). The van der Waals surface area contributed by atoms with E-state index < -0.39 is 10.1 Å². The van der Waals surface area contributed by atoms with Gasteiger partial charge in [0.2, 0.25) is 0 Å². The number of carbonyl (C=O) groups excluding carboxylic acids is 1. The van der Waals surface area contributed by atoms with E-state index in [9.17, 15) is 13.2 Å². The number of thioether (sulfide) groups is 1. The number of carbonyl (C=O) groups is 1. The van der Waals surface area contributed by atoms with E-state index in [0.29, 0.717) is 14.8 Å². The van der Waals surface area contributed by atoms with E-state index >= 15 is 0 Å².